The number of hydrogen-bond donors (Lipinski definition) is 2. The smallest absolute Gasteiger partial charge is 0.259 e. The largest absolute Gasteiger partial charge is 0.385 e. The first-order chi connectivity index (χ1) is 9.60. The molecule has 0 saturated carbocycles. The molecular weight excluding hydrogens is 257 g/mol. The van der Waals surface area contributed by atoms with Crippen LogP contribution in [0, 0.1) is 12.7 Å². The molecule has 0 radical (unpaired) electrons. The predicted molar refractivity (Wildman–Crippen MR) is 77.5 cm³/mol. The number of carbonyl (C=O) groups excluding carboxylic acids is 1. The Morgan fingerprint density at radius 2 is 2.15 bits per heavy atom. The molecule has 0 aliphatic carbocycles. The summed E-state index contributed by atoms with van der Waals surface area (Å²) in [5.74, 6) is -0.697. The number of aryl methyl sites for hydroxylation is 1. The molecule has 0 atom stereocenters. The predicted octanol–water partition coefficient (Wildman–Crippen LogP) is 3.21. The molecule has 1 aromatic carbocycles. The molecule has 1 amide bonds. The molecular formula is C15H16FN3O. The second-order valence-corrected chi connectivity index (χ2v) is 4.42. The van der Waals surface area contributed by atoms with Crippen LogP contribution in [-0.4, -0.2) is 17.4 Å². The summed E-state index contributed by atoms with van der Waals surface area (Å²) < 4.78 is 13.3. The number of amides is 1. The number of carbonyl (C=O) groups is 1. The minimum atomic E-state index is -0.376. The molecule has 2 rings (SSSR count). The maximum absolute atomic E-state index is 13.3. The monoisotopic (exact) mass is 273 g/mol. The molecule has 0 aliphatic heterocycles. The average molecular weight is 273 g/mol. The Morgan fingerprint density at radius 3 is 2.85 bits per heavy atom. The Kier molecular flexibility index (Phi) is 4.30. The minimum Gasteiger partial charge on any atom is -0.385 e. The van der Waals surface area contributed by atoms with Crippen molar-refractivity contribution in [3.8, 4) is 0 Å². The molecule has 0 aliphatic rings. The highest BCUT2D eigenvalue weighted by Crippen LogP contribution is 2.18. The van der Waals surface area contributed by atoms with E-state index in [4.69, 9.17) is 0 Å². The first kappa shape index (κ1) is 14.0. The molecule has 0 saturated heterocycles. The Balaban J connectivity index is 2.23. The molecule has 2 N–H and O–H groups in total. The van der Waals surface area contributed by atoms with Gasteiger partial charge in [-0.15, -0.1) is 0 Å². The minimum absolute atomic E-state index is 0.320. The Labute approximate surface area is 117 Å². The fourth-order valence-corrected chi connectivity index (χ4v) is 1.93. The van der Waals surface area contributed by atoms with Crippen molar-refractivity contribution in [2.45, 2.75) is 13.8 Å². The molecule has 0 spiro atoms. The Bertz CT molecular complexity index is 608. The van der Waals surface area contributed by atoms with Gasteiger partial charge in [0.05, 0.1) is 11.3 Å². The number of hydrogen-bond acceptors (Lipinski definition) is 3. The maximum atomic E-state index is 13.3. The summed E-state index contributed by atoms with van der Waals surface area (Å²) in [4.78, 5) is 16.2. The van der Waals surface area contributed by atoms with Gasteiger partial charge in [0.15, 0.2) is 0 Å². The first-order valence-electron chi connectivity index (χ1n) is 6.36. The topological polar surface area (TPSA) is 54.0 Å². The third-order valence-electron chi connectivity index (χ3n) is 2.73. The second-order valence-electron chi connectivity index (χ2n) is 4.42. The summed E-state index contributed by atoms with van der Waals surface area (Å²) in [5, 5.41) is 5.77. The first-order valence-corrected chi connectivity index (χ1v) is 6.36. The van der Waals surface area contributed by atoms with E-state index in [2.05, 4.69) is 15.6 Å². The van der Waals surface area contributed by atoms with Crippen LogP contribution in [0.15, 0.2) is 36.7 Å². The average Bonchev–Trinajstić information content (AvgIpc) is 2.38. The van der Waals surface area contributed by atoms with Crippen LogP contribution in [0.1, 0.15) is 22.8 Å². The van der Waals surface area contributed by atoms with Gasteiger partial charge in [-0.25, -0.2) is 4.39 Å². The van der Waals surface area contributed by atoms with Crippen LogP contribution in [0.3, 0.4) is 0 Å². The number of rotatable bonds is 4. The van der Waals surface area contributed by atoms with E-state index >= 15 is 0 Å². The van der Waals surface area contributed by atoms with E-state index < -0.39 is 0 Å². The number of aromatic nitrogens is 1. The summed E-state index contributed by atoms with van der Waals surface area (Å²) in [6.07, 6.45) is 3.10. The standard InChI is InChI=1S/C15H16FN3O/c1-3-18-14-4-5-17-9-13(14)15(20)19-12-7-10(2)6-11(16)8-12/h4-9H,3H2,1-2H3,(H,17,18)(H,19,20). The summed E-state index contributed by atoms with van der Waals surface area (Å²) in [5.41, 5.74) is 2.31. The van der Waals surface area contributed by atoms with E-state index in [9.17, 15) is 9.18 Å². The molecule has 4 nitrogen and oxygen atoms in total. The van der Waals surface area contributed by atoms with Crippen LogP contribution in [0.25, 0.3) is 0 Å². The number of nitrogens with zero attached hydrogens (tertiary/aromatic N) is 1. The highest BCUT2D eigenvalue weighted by atomic mass is 19.1. The molecule has 1 heterocycles. The lowest BCUT2D eigenvalue weighted by Crippen LogP contribution is -2.15. The lowest BCUT2D eigenvalue weighted by Gasteiger charge is -2.11. The van der Waals surface area contributed by atoms with E-state index in [0.29, 0.717) is 23.5 Å². The van der Waals surface area contributed by atoms with Crippen molar-refractivity contribution in [3.05, 3.63) is 53.6 Å². The van der Waals surface area contributed by atoms with E-state index in [1.807, 2.05) is 6.92 Å². The lowest BCUT2D eigenvalue weighted by atomic mass is 10.2. The second kappa shape index (κ2) is 6.14. The summed E-state index contributed by atoms with van der Waals surface area (Å²) in [6.45, 7) is 4.41. The fraction of sp³-hybridized carbons (Fsp3) is 0.200. The van der Waals surface area contributed by atoms with Gasteiger partial charge in [-0.1, -0.05) is 0 Å². The van der Waals surface area contributed by atoms with Gasteiger partial charge in [0.2, 0.25) is 0 Å². The van der Waals surface area contributed by atoms with Gasteiger partial charge in [-0.05, 0) is 43.7 Å². The molecule has 2 aromatic rings. The third-order valence-corrected chi connectivity index (χ3v) is 2.73. The van der Waals surface area contributed by atoms with Crippen LogP contribution in [0.2, 0.25) is 0 Å². The summed E-state index contributed by atoms with van der Waals surface area (Å²) >= 11 is 0. The molecule has 5 heteroatoms. The van der Waals surface area contributed by atoms with Gasteiger partial charge < -0.3 is 10.6 Å². The molecule has 104 valence electrons. The van der Waals surface area contributed by atoms with Crippen molar-refractivity contribution in [1.29, 1.82) is 0 Å². The number of anilines is 2. The van der Waals surface area contributed by atoms with Crippen molar-refractivity contribution in [2.75, 3.05) is 17.2 Å². The van der Waals surface area contributed by atoms with E-state index in [0.717, 1.165) is 5.56 Å². The number of benzene rings is 1. The third kappa shape index (κ3) is 3.32. The molecule has 0 bridgehead atoms. The Morgan fingerprint density at radius 1 is 1.35 bits per heavy atom. The van der Waals surface area contributed by atoms with Gasteiger partial charge in [0.25, 0.3) is 5.91 Å². The van der Waals surface area contributed by atoms with Gasteiger partial charge in [0.1, 0.15) is 5.82 Å². The van der Waals surface area contributed by atoms with Crippen molar-refractivity contribution in [2.24, 2.45) is 0 Å². The maximum Gasteiger partial charge on any atom is 0.259 e. The van der Waals surface area contributed by atoms with E-state index in [1.54, 1.807) is 25.3 Å². The zero-order valence-corrected chi connectivity index (χ0v) is 11.4. The molecule has 20 heavy (non-hydrogen) atoms. The Hall–Kier alpha value is -2.43. The van der Waals surface area contributed by atoms with Gasteiger partial charge in [-0.3, -0.25) is 9.78 Å². The van der Waals surface area contributed by atoms with Gasteiger partial charge in [-0.2, -0.15) is 0 Å². The molecule has 0 fully saturated rings. The van der Waals surface area contributed by atoms with Crippen LogP contribution >= 0.6 is 0 Å². The van der Waals surface area contributed by atoms with Crippen LogP contribution in [0.5, 0.6) is 0 Å². The van der Waals surface area contributed by atoms with Crippen LogP contribution in [-0.2, 0) is 0 Å². The van der Waals surface area contributed by atoms with Crippen molar-refractivity contribution >= 4 is 17.3 Å². The van der Waals surface area contributed by atoms with Crippen molar-refractivity contribution in [1.82, 2.24) is 4.98 Å². The molecule has 0 unspecified atom stereocenters. The van der Waals surface area contributed by atoms with E-state index in [1.165, 1.54) is 18.3 Å². The quantitative estimate of drug-likeness (QED) is 0.899. The summed E-state index contributed by atoms with van der Waals surface area (Å²) in [7, 11) is 0. The fourth-order valence-electron chi connectivity index (χ4n) is 1.93. The normalized spacial score (nSPS) is 10.2. The zero-order chi connectivity index (χ0) is 14.5. The lowest BCUT2D eigenvalue weighted by molar-refractivity contribution is 0.102. The van der Waals surface area contributed by atoms with Crippen molar-refractivity contribution in [3.63, 3.8) is 0 Å². The zero-order valence-electron chi connectivity index (χ0n) is 11.4. The van der Waals surface area contributed by atoms with Crippen LogP contribution < -0.4 is 10.6 Å². The number of nitrogens with one attached hydrogen (secondary N) is 2. The highest BCUT2D eigenvalue weighted by molar-refractivity contribution is 6.07. The SMILES string of the molecule is CCNc1ccncc1C(=O)Nc1cc(C)cc(F)c1. The van der Waals surface area contributed by atoms with E-state index in [-0.39, 0.29) is 11.7 Å². The van der Waals surface area contributed by atoms with Gasteiger partial charge >= 0.3 is 0 Å². The van der Waals surface area contributed by atoms with Crippen LogP contribution in [0.4, 0.5) is 15.8 Å². The highest BCUT2D eigenvalue weighted by Gasteiger charge is 2.12. The summed E-state index contributed by atoms with van der Waals surface area (Å²) in [6, 6.07) is 6.14. The number of halogens is 1. The van der Waals surface area contributed by atoms with Gasteiger partial charge in [0, 0.05) is 24.6 Å². The number of pyridine rings is 1. The van der Waals surface area contributed by atoms with Crippen molar-refractivity contribution < 1.29 is 9.18 Å². The molecule has 1 aromatic heterocycles.